The number of carbonyl (C=O) groups excluding carboxylic acids is 2. The highest BCUT2D eigenvalue weighted by Crippen LogP contribution is 2.05. The summed E-state index contributed by atoms with van der Waals surface area (Å²) in [5.74, 6) is -0.143. The van der Waals surface area contributed by atoms with E-state index in [9.17, 15) is 9.59 Å². The Bertz CT molecular complexity index is 227. The summed E-state index contributed by atoms with van der Waals surface area (Å²) in [6.45, 7) is 7.64. The normalized spacial score (nSPS) is 14.5. The van der Waals surface area contributed by atoms with Crippen molar-refractivity contribution in [2.45, 2.75) is 40.2 Å². The van der Waals surface area contributed by atoms with Crippen LogP contribution in [-0.4, -0.2) is 24.9 Å². The van der Waals surface area contributed by atoms with Crippen LogP contribution in [0.1, 0.15) is 34.1 Å². The molecule has 4 heteroatoms. The van der Waals surface area contributed by atoms with Crippen molar-refractivity contribution in [2.75, 3.05) is 7.05 Å². The molecule has 0 aliphatic heterocycles. The fourth-order valence-electron chi connectivity index (χ4n) is 1.17. The zero-order valence-corrected chi connectivity index (χ0v) is 10.3. The first-order valence-electron chi connectivity index (χ1n) is 5.46. The van der Waals surface area contributed by atoms with Gasteiger partial charge in [0.15, 0.2) is 0 Å². The molecular weight excluding hydrogens is 192 g/mol. The molecule has 0 aromatic rings. The predicted octanol–water partition coefficient (Wildman–Crippen LogP) is 0.919. The minimum Gasteiger partial charge on any atom is -0.357 e. The molecule has 0 heterocycles. The van der Waals surface area contributed by atoms with Crippen LogP contribution in [0.25, 0.3) is 0 Å². The lowest BCUT2D eigenvalue weighted by Crippen LogP contribution is -2.50. The van der Waals surface area contributed by atoms with Crippen molar-refractivity contribution in [3.8, 4) is 0 Å². The molecule has 0 aromatic heterocycles. The highest BCUT2D eigenvalue weighted by Gasteiger charge is 2.24. The minimum absolute atomic E-state index is 0.0455. The lowest BCUT2D eigenvalue weighted by Gasteiger charge is -2.22. The summed E-state index contributed by atoms with van der Waals surface area (Å²) in [5, 5.41) is 5.32. The van der Waals surface area contributed by atoms with Crippen molar-refractivity contribution >= 4 is 11.8 Å². The number of carbonyl (C=O) groups is 2. The predicted molar refractivity (Wildman–Crippen MR) is 60.3 cm³/mol. The smallest absolute Gasteiger partial charge is 0.242 e. The Morgan fingerprint density at radius 1 is 1.13 bits per heavy atom. The zero-order chi connectivity index (χ0) is 12.0. The molecule has 0 saturated heterocycles. The van der Waals surface area contributed by atoms with Crippen molar-refractivity contribution in [3.63, 3.8) is 0 Å². The number of amides is 2. The number of likely N-dealkylation sites (N-methyl/N-ethyl adjacent to an activating group) is 1. The Labute approximate surface area is 91.8 Å². The lowest BCUT2D eigenvalue weighted by molar-refractivity contribution is -0.131. The Hall–Kier alpha value is -1.06. The van der Waals surface area contributed by atoms with Crippen LogP contribution in [-0.2, 0) is 9.59 Å². The molecule has 0 rings (SSSR count). The Morgan fingerprint density at radius 2 is 1.67 bits per heavy atom. The summed E-state index contributed by atoms with van der Waals surface area (Å²) in [6.07, 6.45) is 0.782. The second-order valence-corrected chi connectivity index (χ2v) is 4.15. The number of nitrogens with one attached hydrogen (secondary N) is 2. The van der Waals surface area contributed by atoms with Gasteiger partial charge in [-0.15, -0.1) is 0 Å². The number of hydrogen-bond acceptors (Lipinski definition) is 2. The van der Waals surface area contributed by atoms with Gasteiger partial charge in [-0.3, -0.25) is 9.59 Å². The van der Waals surface area contributed by atoms with E-state index in [-0.39, 0.29) is 23.7 Å². The van der Waals surface area contributed by atoms with Crippen LogP contribution < -0.4 is 10.6 Å². The molecule has 0 aliphatic carbocycles. The molecule has 0 aromatic carbocycles. The highest BCUT2D eigenvalue weighted by molar-refractivity contribution is 5.88. The number of hydrogen-bond donors (Lipinski definition) is 2. The first kappa shape index (κ1) is 13.9. The van der Waals surface area contributed by atoms with Crippen molar-refractivity contribution in [3.05, 3.63) is 0 Å². The third-order valence-electron chi connectivity index (χ3n) is 2.55. The van der Waals surface area contributed by atoms with Gasteiger partial charge in [-0.1, -0.05) is 27.7 Å². The van der Waals surface area contributed by atoms with Crippen LogP contribution in [0.4, 0.5) is 0 Å². The average molecular weight is 214 g/mol. The van der Waals surface area contributed by atoms with E-state index in [2.05, 4.69) is 10.6 Å². The van der Waals surface area contributed by atoms with E-state index in [1.165, 1.54) is 0 Å². The van der Waals surface area contributed by atoms with Crippen LogP contribution in [0, 0.1) is 11.8 Å². The van der Waals surface area contributed by atoms with Gasteiger partial charge < -0.3 is 10.6 Å². The largest absolute Gasteiger partial charge is 0.357 e. The zero-order valence-electron chi connectivity index (χ0n) is 10.3. The molecule has 2 amide bonds. The molecular formula is C11H22N2O2. The van der Waals surface area contributed by atoms with E-state index < -0.39 is 6.04 Å². The molecule has 0 fully saturated rings. The van der Waals surface area contributed by atoms with E-state index >= 15 is 0 Å². The molecule has 0 aliphatic rings. The number of rotatable bonds is 5. The standard InChI is InChI=1S/C11H22N2O2/c1-6-8(4)10(14)13-9(7(2)3)11(15)12-5/h7-9H,6H2,1-5H3,(H,12,15)(H,13,14). The Balaban J connectivity index is 4.42. The fraction of sp³-hybridized carbons (Fsp3) is 0.818. The van der Waals surface area contributed by atoms with Crippen LogP contribution in [0.15, 0.2) is 0 Å². The molecule has 0 bridgehead atoms. The van der Waals surface area contributed by atoms with Gasteiger partial charge in [0.2, 0.25) is 11.8 Å². The van der Waals surface area contributed by atoms with Gasteiger partial charge in [0.05, 0.1) is 0 Å². The second-order valence-electron chi connectivity index (χ2n) is 4.15. The molecule has 0 radical (unpaired) electrons. The second kappa shape index (κ2) is 6.43. The maximum absolute atomic E-state index is 11.6. The topological polar surface area (TPSA) is 58.2 Å². The van der Waals surface area contributed by atoms with Crippen molar-refractivity contribution in [1.82, 2.24) is 10.6 Å². The summed E-state index contributed by atoms with van der Waals surface area (Å²) >= 11 is 0. The Kier molecular flexibility index (Phi) is 5.97. The van der Waals surface area contributed by atoms with Gasteiger partial charge in [-0.05, 0) is 12.3 Å². The molecule has 2 N–H and O–H groups in total. The first-order chi connectivity index (χ1) is 6.93. The van der Waals surface area contributed by atoms with Crippen molar-refractivity contribution < 1.29 is 9.59 Å². The van der Waals surface area contributed by atoms with Gasteiger partial charge >= 0.3 is 0 Å². The Morgan fingerprint density at radius 3 is 2.00 bits per heavy atom. The van der Waals surface area contributed by atoms with E-state index in [0.717, 1.165) is 6.42 Å². The summed E-state index contributed by atoms with van der Waals surface area (Å²) in [6, 6.07) is -0.434. The summed E-state index contributed by atoms with van der Waals surface area (Å²) in [7, 11) is 1.58. The maximum atomic E-state index is 11.6. The van der Waals surface area contributed by atoms with Gasteiger partial charge in [-0.2, -0.15) is 0 Å². The van der Waals surface area contributed by atoms with E-state index in [0.29, 0.717) is 0 Å². The molecule has 0 saturated carbocycles. The van der Waals surface area contributed by atoms with Crippen LogP contribution >= 0.6 is 0 Å². The highest BCUT2D eigenvalue weighted by atomic mass is 16.2. The van der Waals surface area contributed by atoms with Crippen LogP contribution in [0.2, 0.25) is 0 Å². The van der Waals surface area contributed by atoms with Crippen molar-refractivity contribution in [2.24, 2.45) is 11.8 Å². The van der Waals surface area contributed by atoms with Gasteiger partial charge in [-0.25, -0.2) is 0 Å². The van der Waals surface area contributed by atoms with Gasteiger partial charge in [0, 0.05) is 13.0 Å². The van der Waals surface area contributed by atoms with E-state index in [4.69, 9.17) is 0 Å². The molecule has 15 heavy (non-hydrogen) atoms. The lowest BCUT2D eigenvalue weighted by atomic mass is 10.0. The van der Waals surface area contributed by atoms with E-state index in [1.807, 2.05) is 27.7 Å². The van der Waals surface area contributed by atoms with E-state index in [1.54, 1.807) is 7.05 Å². The average Bonchev–Trinajstić information content (AvgIpc) is 2.22. The summed E-state index contributed by atoms with van der Waals surface area (Å²) in [4.78, 5) is 23.1. The van der Waals surface area contributed by atoms with Crippen molar-refractivity contribution in [1.29, 1.82) is 0 Å². The van der Waals surface area contributed by atoms with Gasteiger partial charge in [0.1, 0.15) is 6.04 Å². The van der Waals surface area contributed by atoms with Crippen LogP contribution in [0.5, 0.6) is 0 Å². The summed E-state index contributed by atoms with van der Waals surface area (Å²) in [5.41, 5.74) is 0. The third-order valence-corrected chi connectivity index (χ3v) is 2.55. The quantitative estimate of drug-likeness (QED) is 0.715. The fourth-order valence-corrected chi connectivity index (χ4v) is 1.17. The van der Waals surface area contributed by atoms with Crippen LogP contribution in [0.3, 0.4) is 0 Å². The molecule has 0 spiro atoms. The molecule has 4 nitrogen and oxygen atoms in total. The summed E-state index contributed by atoms with van der Waals surface area (Å²) < 4.78 is 0. The SMILES string of the molecule is CCC(C)C(=O)NC(C(=O)NC)C(C)C. The maximum Gasteiger partial charge on any atom is 0.242 e. The molecule has 2 unspecified atom stereocenters. The third kappa shape index (κ3) is 4.32. The monoisotopic (exact) mass is 214 g/mol. The van der Waals surface area contributed by atoms with Gasteiger partial charge in [0.25, 0.3) is 0 Å². The first-order valence-corrected chi connectivity index (χ1v) is 5.46. The molecule has 88 valence electrons. The molecule has 2 atom stereocenters. The minimum atomic E-state index is -0.434.